The lowest BCUT2D eigenvalue weighted by Gasteiger charge is -2.06. The molecule has 1 N–H and O–H groups in total. The van der Waals surface area contributed by atoms with Crippen LogP contribution in [-0.2, 0) is 4.79 Å². The molecule has 0 bridgehead atoms. The molecule has 1 aromatic rings. The van der Waals surface area contributed by atoms with Crippen molar-refractivity contribution in [3.63, 3.8) is 0 Å². The van der Waals surface area contributed by atoms with Crippen molar-refractivity contribution in [1.29, 1.82) is 0 Å². The van der Waals surface area contributed by atoms with E-state index >= 15 is 0 Å². The van der Waals surface area contributed by atoms with E-state index < -0.39 is 0 Å². The number of amides is 1. The third-order valence-electron chi connectivity index (χ3n) is 1.59. The zero-order valence-corrected chi connectivity index (χ0v) is 12.7. The fourth-order valence-electron chi connectivity index (χ4n) is 0.994. The maximum atomic E-state index is 11.4. The van der Waals surface area contributed by atoms with Crippen molar-refractivity contribution in [2.75, 3.05) is 11.5 Å². The van der Waals surface area contributed by atoms with Crippen molar-refractivity contribution in [3.05, 3.63) is 0 Å². The number of aromatic nitrogens is 2. The van der Waals surface area contributed by atoms with E-state index in [1.807, 2.05) is 13.8 Å². The van der Waals surface area contributed by atoms with Crippen LogP contribution in [0.4, 0.5) is 0 Å². The zero-order valence-electron chi connectivity index (χ0n) is 10.2. The largest absolute Gasteiger partial charge is 0.353 e. The highest BCUT2D eigenvalue weighted by molar-refractivity contribution is 8.03. The first-order valence-corrected chi connectivity index (χ1v) is 8.29. The van der Waals surface area contributed by atoms with E-state index in [0.717, 1.165) is 20.9 Å². The van der Waals surface area contributed by atoms with Gasteiger partial charge in [-0.15, -0.1) is 10.2 Å². The minimum absolute atomic E-state index is 0.0444. The number of hydrogen-bond donors (Lipinski definition) is 1. The molecule has 0 saturated heterocycles. The maximum Gasteiger partial charge on any atom is 0.230 e. The summed E-state index contributed by atoms with van der Waals surface area (Å²) in [6.07, 6.45) is 1.13. The second-order valence-electron chi connectivity index (χ2n) is 3.69. The van der Waals surface area contributed by atoms with Crippen molar-refractivity contribution in [2.45, 2.75) is 41.9 Å². The Hall–Kier alpha value is -0.270. The highest BCUT2D eigenvalue weighted by Gasteiger charge is 2.08. The summed E-state index contributed by atoms with van der Waals surface area (Å²) < 4.78 is 1.85. The topological polar surface area (TPSA) is 54.9 Å². The number of nitrogens with one attached hydrogen (secondary N) is 1. The Morgan fingerprint density at radius 2 is 2.00 bits per heavy atom. The molecule has 0 aliphatic carbocycles. The summed E-state index contributed by atoms with van der Waals surface area (Å²) in [5.41, 5.74) is 0. The molecule has 0 fully saturated rings. The van der Waals surface area contributed by atoms with Gasteiger partial charge >= 0.3 is 0 Å². The average molecular weight is 291 g/mol. The monoisotopic (exact) mass is 291 g/mol. The minimum Gasteiger partial charge on any atom is -0.353 e. The van der Waals surface area contributed by atoms with Gasteiger partial charge in [0.25, 0.3) is 0 Å². The van der Waals surface area contributed by atoms with Crippen LogP contribution in [0.3, 0.4) is 0 Å². The lowest BCUT2D eigenvalue weighted by molar-refractivity contribution is -0.119. The van der Waals surface area contributed by atoms with Crippen molar-refractivity contribution >= 4 is 40.8 Å². The molecule has 0 aliphatic heterocycles. The molecule has 0 unspecified atom stereocenters. The second kappa shape index (κ2) is 7.94. The molecule has 0 aliphatic rings. The predicted octanol–water partition coefficient (Wildman–Crippen LogP) is 2.66. The van der Waals surface area contributed by atoms with Crippen LogP contribution in [0.2, 0.25) is 0 Å². The normalized spacial score (nSPS) is 10.8. The molecule has 4 nitrogen and oxygen atoms in total. The Morgan fingerprint density at radius 1 is 1.35 bits per heavy atom. The fraction of sp³-hybridized carbons (Fsp3) is 0.700. The molecule has 7 heteroatoms. The third kappa shape index (κ3) is 6.28. The lowest BCUT2D eigenvalue weighted by atomic mass is 10.4. The van der Waals surface area contributed by atoms with Crippen LogP contribution in [0, 0.1) is 0 Å². The van der Waals surface area contributed by atoms with Gasteiger partial charge in [0, 0.05) is 11.8 Å². The molecule has 0 aromatic carbocycles. The number of thioether (sulfide) groups is 2. The van der Waals surface area contributed by atoms with Gasteiger partial charge < -0.3 is 5.32 Å². The highest BCUT2D eigenvalue weighted by atomic mass is 32.2. The van der Waals surface area contributed by atoms with Gasteiger partial charge in [-0.1, -0.05) is 41.8 Å². The average Bonchev–Trinajstić information content (AvgIpc) is 2.70. The number of nitrogens with zero attached hydrogens (tertiary/aromatic N) is 2. The van der Waals surface area contributed by atoms with Gasteiger partial charge in [0.2, 0.25) is 5.91 Å². The van der Waals surface area contributed by atoms with E-state index in [9.17, 15) is 4.79 Å². The molecule has 1 heterocycles. The number of hydrogen-bond acceptors (Lipinski definition) is 6. The van der Waals surface area contributed by atoms with Crippen LogP contribution < -0.4 is 5.32 Å². The van der Waals surface area contributed by atoms with Gasteiger partial charge in [0.15, 0.2) is 8.68 Å². The summed E-state index contributed by atoms with van der Waals surface area (Å²) in [5, 5.41) is 11.0. The SMILES string of the molecule is CCCSc1nnc(SCC(=O)NC(C)C)s1. The Morgan fingerprint density at radius 3 is 2.59 bits per heavy atom. The predicted molar refractivity (Wildman–Crippen MR) is 74.9 cm³/mol. The van der Waals surface area contributed by atoms with Crippen LogP contribution in [0.5, 0.6) is 0 Å². The first-order chi connectivity index (χ1) is 8.11. The Bertz CT molecular complexity index is 354. The van der Waals surface area contributed by atoms with Gasteiger partial charge in [-0.05, 0) is 20.3 Å². The first kappa shape index (κ1) is 14.8. The number of carbonyl (C=O) groups is 1. The highest BCUT2D eigenvalue weighted by Crippen LogP contribution is 2.28. The molecule has 1 rings (SSSR count). The molecule has 0 saturated carbocycles. The van der Waals surface area contributed by atoms with E-state index in [4.69, 9.17) is 0 Å². The standard InChI is InChI=1S/C10H17N3OS3/c1-4-5-15-9-12-13-10(17-9)16-6-8(14)11-7(2)3/h7H,4-6H2,1-3H3,(H,11,14). The van der Waals surface area contributed by atoms with E-state index in [1.165, 1.54) is 11.8 Å². The van der Waals surface area contributed by atoms with Gasteiger partial charge in [-0.25, -0.2) is 0 Å². The van der Waals surface area contributed by atoms with Crippen LogP contribution in [-0.4, -0.2) is 33.7 Å². The summed E-state index contributed by atoms with van der Waals surface area (Å²) in [5.74, 6) is 1.52. The van der Waals surface area contributed by atoms with Gasteiger partial charge in [-0.2, -0.15) is 0 Å². The van der Waals surface area contributed by atoms with Gasteiger partial charge in [-0.3, -0.25) is 4.79 Å². The molecular formula is C10H17N3OS3. The summed E-state index contributed by atoms with van der Waals surface area (Å²) >= 11 is 4.72. The molecular weight excluding hydrogens is 274 g/mol. The quantitative estimate of drug-likeness (QED) is 0.783. The smallest absolute Gasteiger partial charge is 0.230 e. The Kier molecular flexibility index (Phi) is 6.91. The lowest BCUT2D eigenvalue weighted by Crippen LogP contribution is -2.31. The van der Waals surface area contributed by atoms with E-state index in [-0.39, 0.29) is 11.9 Å². The summed E-state index contributed by atoms with van der Waals surface area (Å²) in [4.78, 5) is 11.4. The molecule has 1 aromatic heterocycles. The van der Waals surface area contributed by atoms with E-state index in [1.54, 1.807) is 23.1 Å². The summed E-state index contributed by atoms with van der Waals surface area (Å²) in [6, 6.07) is 0.188. The molecule has 0 radical (unpaired) electrons. The molecule has 1 amide bonds. The van der Waals surface area contributed by atoms with Crippen LogP contribution in [0.1, 0.15) is 27.2 Å². The molecule has 17 heavy (non-hydrogen) atoms. The maximum absolute atomic E-state index is 11.4. The van der Waals surface area contributed by atoms with Crippen LogP contribution in [0.25, 0.3) is 0 Å². The molecule has 96 valence electrons. The minimum atomic E-state index is 0.0444. The molecule has 0 spiro atoms. The fourth-order valence-corrected chi connectivity index (χ4v) is 3.75. The second-order valence-corrected chi connectivity index (χ2v) is 7.24. The van der Waals surface area contributed by atoms with Crippen molar-refractivity contribution < 1.29 is 4.79 Å². The van der Waals surface area contributed by atoms with Crippen LogP contribution in [0.15, 0.2) is 8.68 Å². The van der Waals surface area contributed by atoms with Crippen molar-refractivity contribution in [2.24, 2.45) is 0 Å². The van der Waals surface area contributed by atoms with Crippen molar-refractivity contribution in [3.8, 4) is 0 Å². The van der Waals surface area contributed by atoms with Gasteiger partial charge in [0.05, 0.1) is 5.75 Å². The van der Waals surface area contributed by atoms with Crippen molar-refractivity contribution in [1.82, 2.24) is 15.5 Å². The third-order valence-corrected chi connectivity index (χ3v) is 4.99. The first-order valence-electron chi connectivity index (χ1n) is 5.50. The van der Waals surface area contributed by atoms with Crippen LogP contribution >= 0.6 is 34.9 Å². The Balaban J connectivity index is 2.31. The molecule has 0 atom stereocenters. The van der Waals surface area contributed by atoms with E-state index in [0.29, 0.717) is 5.75 Å². The zero-order chi connectivity index (χ0) is 12.7. The Labute approximate surface area is 114 Å². The summed E-state index contributed by atoms with van der Waals surface area (Å²) in [6.45, 7) is 6.04. The number of rotatable bonds is 7. The number of carbonyl (C=O) groups excluding carboxylic acids is 1. The van der Waals surface area contributed by atoms with Gasteiger partial charge in [0.1, 0.15) is 0 Å². The van der Waals surface area contributed by atoms with E-state index in [2.05, 4.69) is 22.4 Å². The summed E-state index contributed by atoms with van der Waals surface area (Å²) in [7, 11) is 0.